The van der Waals surface area contributed by atoms with Gasteiger partial charge in [-0.25, -0.2) is 0 Å². The molecule has 2 unspecified atom stereocenters. The first-order valence-corrected chi connectivity index (χ1v) is 8.91. The van der Waals surface area contributed by atoms with E-state index in [1.165, 1.54) is 6.42 Å². The Morgan fingerprint density at radius 3 is 2.87 bits per heavy atom. The van der Waals surface area contributed by atoms with E-state index in [4.69, 9.17) is 4.42 Å². The van der Waals surface area contributed by atoms with E-state index in [1.807, 2.05) is 6.07 Å². The maximum absolute atomic E-state index is 10.2. The van der Waals surface area contributed by atoms with Crippen LogP contribution in [0.1, 0.15) is 18.9 Å². The number of nitrogens with zero attached hydrogens (tertiary/aromatic N) is 3. The molecule has 3 fully saturated rings. The summed E-state index contributed by atoms with van der Waals surface area (Å²) in [4.78, 5) is 11.1. The van der Waals surface area contributed by atoms with Crippen LogP contribution in [0.3, 0.4) is 0 Å². The van der Waals surface area contributed by atoms with Crippen LogP contribution in [-0.4, -0.2) is 53.1 Å². The second-order valence-electron chi connectivity index (χ2n) is 5.97. The van der Waals surface area contributed by atoms with Gasteiger partial charge in [0.15, 0.2) is 11.1 Å². The molecule has 4 heterocycles. The lowest BCUT2D eigenvalue weighted by Crippen LogP contribution is -2.67. The van der Waals surface area contributed by atoms with Crippen molar-refractivity contribution in [2.75, 3.05) is 30.8 Å². The SMILES string of the molecule is CCS/C(=N\C)c1ccc(O)c2nc(N3CC4CC(C3)N4)oc12. The first kappa shape index (κ1) is 14.8. The molecule has 6 nitrogen and oxygen atoms in total. The molecule has 3 saturated heterocycles. The molecule has 0 amide bonds. The molecule has 3 aliphatic heterocycles. The predicted octanol–water partition coefficient (Wildman–Crippen LogP) is 2.21. The van der Waals surface area contributed by atoms with Crippen LogP contribution in [0.4, 0.5) is 6.01 Å². The second-order valence-corrected chi connectivity index (χ2v) is 7.22. The van der Waals surface area contributed by atoms with E-state index in [1.54, 1.807) is 24.9 Å². The highest BCUT2D eigenvalue weighted by Gasteiger charge is 2.38. The monoisotopic (exact) mass is 332 g/mol. The summed E-state index contributed by atoms with van der Waals surface area (Å²) in [6, 6.07) is 5.17. The molecule has 0 aliphatic carbocycles. The fraction of sp³-hybridized carbons (Fsp3) is 0.500. The molecule has 1 aromatic heterocycles. The number of nitrogens with one attached hydrogen (secondary N) is 1. The molecular weight excluding hydrogens is 312 g/mol. The molecule has 1 aromatic carbocycles. The molecule has 2 bridgehead atoms. The number of fused-ring (bicyclic) bond motifs is 3. The smallest absolute Gasteiger partial charge is 0.298 e. The number of phenols is 1. The van der Waals surface area contributed by atoms with Gasteiger partial charge in [0.1, 0.15) is 10.8 Å². The zero-order valence-electron chi connectivity index (χ0n) is 13.2. The van der Waals surface area contributed by atoms with Crippen LogP contribution >= 0.6 is 11.8 Å². The number of piperidine rings is 1. The molecule has 2 aromatic rings. The highest BCUT2D eigenvalue weighted by atomic mass is 32.2. The maximum atomic E-state index is 10.2. The van der Waals surface area contributed by atoms with Gasteiger partial charge in [-0.1, -0.05) is 6.92 Å². The highest BCUT2D eigenvalue weighted by molar-refractivity contribution is 8.14. The number of aromatic hydroxyl groups is 1. The standard InChI is InChI=1S/C16H20N4O2S/c1-3-23-15(17-2)11-4-5-12(21)13-14(11)22-16(19-13)20-7-9-6-10(8-20)18-9/h4-5,9-10,18,21H,3,6-8H2,1-2H3/b17-15-. The molecule has 2 atom stereocenters. The summed E-state index contributed by atoms with van der Waals surface area (Å²) in [5.74, 6) is 1.08. The summed E-state index contributed by atoms with van der Waals surface area (Å²) >= 11 is 1.66. The number of phenolic OH excluding ortho intramolecular Hbond substituents is 1. The van der Waals surface area contributed by atoms with Crippen molar-refractivity contribution < 1.29 is 9.52 Å². The topological polar surface area (TPSA) is 73.9 Å². The van der Waals surface area contributed by atoms with Crippen LogP contribution in [0.15, 0.2) is 21.5 Å². The Morgan fingerprint density at radius 2 is 2.22 bits per heavy atom. The molecule has 5 rings (SSSR count). The lowest BCUT2D eigenvalue weighted by Gasteiger charge is -2.47. The zero-order chi connectivity index (χ0) is 16.0. The van der Waals surface area contributed by atoms with E-state index in [-0.39, 0.29) is 5.75 Å². The van der Waals surface area contributed by atoms with E-state index in [0.29, 0.717) is 29.2 Å². The number of benzene rings is 1. The fourth-order valence-corrected chi connectivity index (χ4v) is 4.07. The summed E-state index contributed by atoms with van der Waals surface area (Å²) in [5, 5.41) is 14.6. The minimum atomic E-state index is 0.149. The van der Waals surface area contributed by atoms with Crippen LogP contribution in [0, 0.1) is 0 Å². The summed E-state index contributed by atoms with van der Waals surface area (Å²) in [7, 11) is 1.78. The normalized spacial score (nSPS) is 24.1. The Balaban J connectivity index is 1.76. The van der Waals surface area contributed by atoms with Crippen molar-refractivity contribution in [3.8, 4) is 5.75 Å². The van der Waals surface area contributed by atoms with Gasteiger partial charge >= 0.3 is 0 Å². The Morgan fingerprint density at radius 1 is 1.48 bits per heavy atom. The third kappa shape index (κ3) is 2.48. The Bertz CT molecular complexity index is 757. The van der Waals surface area contributed by atoms with Crippen molar-refractivity contribution in [3.63, 3.8) is 0 Å². The van der Waals surface area contributed by atoms with E-state index < -0.39 is 0 Å². The van der Waals surface area contributed by atoms with E-state index >= 15 is 0 Å². The van der Waals surface area contributed by atoms with Crippen molar-refractivity contribution in [3.05, 3.63) is 17.7 Å². The van der Waals surface area contributed by atoms with Crippen LogP contribution in [0.25, 0.3) is 11.1 Å². The lowest BCUT2D eigenvalue weighted by molar-refractivity contribution is 0.220. The van der Waals surface area contributed by atoms with Gasteiger partial charge in [0, 0.05) is 32.2 Å². The van der Waals surface area contributed by atoms with E-state index in [9.17, 15) is 5.11 Å². The number of rotatable bonds is 3. The lowest BCUT2D eigenvalue weighted by atomic mass is 9.92. The molecular formula is C16H20N4O2S. The van der Waals surface area contributed by atoms with Crippen molar-refractivity contribution >= 4 is 33.9 Å². The molecule has 0 radical (unpaired) electrons. The molecule has 0 saturated carbocycles. The molecule has 0 spiro atoms. The van der Waals surface area contributed by atoms with Gasteiger partial charge in [0.2, 0.25) is 0 Å². The first-order chi connectivity index (χ1) is 11.2. The molecule has 7 heteroatoms. The van der Waals surface area contributed by atoms with E-state index in [2.05, 4.69) is 27.1 Å². The summed E-state index contributed by atoms with van der Waals surface area (Å²) in [6.45, 7) is 3.89. The largest absolute Gasteiger partial charge is 0.506 e. The number of aromatic nitrogens is 1. The Kier molecular flexibility index (Phi) is 3.69. The van der Waals surface area contributed by atoms with E-state index in [0.717, 1.165) is 29.4 Å². The summed E-state index contributed by atoms with van der Waals surface area (Å²) in [6.07, 6.45) is 1.23. The van der Waals surface area contributed by atoms with Crippen LogP contribution < -0.4 is 10.2 Å². The van der Waals surface area contributed by atoms with Gasteiger partial charge in [0.05, 0.1) is 5.56 Å². The maximum Gasteiger partial charge on any atom is 0.298 e. The number of hydrogen-bond donors (Lipinski definition) is 2. The van der Waals surface area contributed by atoms with Gasteiger partial charge in [-0.3, -0.25) is 4.99 Å². The average Bonchev–Trinajstić information content (AvgIpc) is 2.99. The summed E-state index contributed by atoms with van der Waals surface area (Å²) < 4.78 is 6.05. The third-order valence-electron chi connectivity index (χ3n) is 4.42. The minimum Gasteiger partial charge on any atom is -0.506 e. The number of aliphatic imine (C=N–C) groups is 1. The van der Waals surface area contributed by atoms with Crippen LogP contribution in [0.2, 0.25) is 0 Å². The zero-order valence-corrected chi connectivity index (χ0v) is 14.1. The number of anilines is 1. The first-order valence-electron chi connectivity index (χ1n) is 7.93. The van der Waals surface area contributed by atoms with Gasteiger partial charge in [-0.15, -0.1) is 11.8 Å². The van der Waals surface area contributed by atoms with Crippen molar-refractivity contribution in [2.24, 2.45) is 4.99 Å². The number of thioether (sulfide) groups is 1. The van der Waals surface area contributed by atoms with Gasteiger partial charge in [0.25, 0.3) is 6.01 Å². The number of hydrogen-bond acceptors (Lipinski definition) is 7. The van der Waals surface area contributed by atoms with Crippen molar-refractivity contribution in [1.82, 2.24) is 10.3 Å². The van der Waals surface area contributed by atoms with Gasteiger partial charge in [-0.05, 0) is 24.3 Å². The second kappa shape index (κ2) is 5.72. The minimum absolute atomic E-state index is 0.149. The Hall–Kier alpha value is -1.73. The third-order valence-corrected chi connectivity index (χ3v) is 5.38. The molecule has 3 aliphatic rings. The van der Waals surface area contributed by atoms with Gasteiger partial charge in [-0.2, -0.15) is 4.98 Å². The number of piperazine rings is 1. The summed E-state index contributed by atoms with van der Waals surface area (Å²) in [5.41, 5.74) is 2.03. The quantitative estimate of drug-likeness (QED) is 0.663. The van der Waals surface area contributed by atoms with Crippen LogP contribution in [0.5, 0.6) is 5.75 Å². The highest BCUT2D eigenvalue weighted by Crippen LogP contribution is 2.35. The van der Waals surface area contributed by atoms with Crippen LogP contribution in [-0.2, 0) is 0 Å². The average molecular weight is 332 g/mol. The Labute approximate surface area is 139 Å². The fourth-order valence-electron chi connectivity index (χ4n) is 3.35. The predicted molar refractivity (Wildman–Crippen MR) is 93.8 cm³/mol. The number of oxazole rings is 1. The van der Waals surface area contributed by atoms with Crippen molar-refractivity contribution in [2.45, 2.75) is 25.4 Å². The molecule has 23 heavy (non-hydrogen) atoms. The van der Waals surface area contributed by atoms with Gasteiger partial charge < -0.3 is 19.7 Å². The molecule has 2 N–H and O–H groups in total. The van der Waals surface area contributed by atoms with Crippen molar-refractivity contribution in [1.29, 1.82) is 0 Å². The molecule has 122 valence electrons.